The summed E-state index contributed by atoms with van der Waals surface area (Å²) in [7, 11) is 0. The van der Waals surface area contributed by atoms with Crippen LogP contribution in [0.4, 0.5) is 5.69 Å². The number of imidazole rings is 1. The largest absolute Gasteiger partial charge is 0.389 e. The Bertz CT molecular complexity index is 893. The van der Waals surface area contributed by atoms with Crippen molar-refractivity contribution >= 4 is 22.6 Å². The van der Waals surface area contributed by atoms with E-state index >= 15 is 0 Å². The third kappa shape index (κ3) is 3.48. The van der Waals surface area contributed by atoms with E-state index in [0.29, 0.717) is 18.5 Å². The van der Waals surface area contributed by atoms with Crippen molar-refractivity contribution in [2.75, 3.05) is 5.32 Å². The van der Waals surface area contributed by atoms with Crippen LogP contribution in [0.5, 0.6) is 0 Å². The van der Waals surface area contributed by atoms with Crippen LogP contribution in [0.15, 0.2) is 48.5 Å². The number of hydrogen-bond acceptors (Lipinski definition) is 3. The van der Waals surface area contributed by atoms with Crippen LogP contribution >= 0.6 is 0 Å². The number of carbonyl (C=O) groups is 1. The molecule has 0 atom stereocenters. The molecule has 5 nitrogen and oxygen atoms in total. The lowest BCUT2D eigenvalue weighted by Crippen LogP contribution is -2.35. The average Bonchev–Trinajstić information content (AvgIpc) is 3.06. The highest BCUT2D eigenvalue weighted by molar-refractivity contribution is 5.96. The summed E-state index contributed by atoms with van der Waals surface area (Å²) in [5.74, 6) is 0.566. The van der Waals surface area contributed by atoms with Crippen LogP contribution in [-0.4, -0.2) is 26.6 Å². The maximum absolute atomic E-state index is 12.5. The Morgan fingerprint density at radius 3 is 2.62 bits per heavy atom. The van der Waals surface area contributed by atoms with Crippen molar-refractivity contribution in [3.63, 3.8) is 0 Å². The molecule has 0 aliphatic heterocycles. The van der Waals surface area contributed by atoms with E-state index < -0.39 is 5.60 Å². The van der Waals surface area contributed by atoms with E-state index in [4.69, 9.17) is 0 Å². The predicted molar refractivity (Wildman–Crippen MR) is 103 cm³/mol. The number of carbonyl (C=O) groups excluding carboxylic acids is 1. The second-order valence-electron chi connectivity index (χ2n) is 7.16. The Morgan fingerprint density at radius 1 is 1.08 bits per heavy atom. The van der Waals surface area contributed by atoms with Gasteiger partial charge in [0.25, 0.3) is 0 Å². The molecular formula is C21H23N3O2. The summed E-state index contributed by atoms with van der Waals surface area (Å²) in [5.41, 5.74) is 2.53. The molecule has 0 bridgehead atoms. The van der Waals surface area contributed by atoms with Crippen LogP contribution in [-0.2, 0) is 4.79 Å². The van der Waals surface area contributed by atoms with Gasteiger partial charge >= 0.3 is 0 Å². The van der Waals surface area contributed by atoms with E-state index in [1.165, 1.54) is 0 Å². The molecule has 1 heterocycles. The van der Waals surface area contributed by atoms with Gasteiger partial charge in [0, 0.05) is 5.56 Å². The normalized spacial score (nSPS) is 16.5. The summed E-state index contributed by atoms with van der Waals surface area (Å²) in [6.45, 7) is 0. The summed E-state index contributed by atoms with van der Waals surface area (Å²) in [5, 5.41) is 13.6. The number of H-pyrrole nitrogens is 1. The first-order chi connectivity index (χ1) is 12.6. The number of rotatable bonds is 4. The first kappa shape index (κ1) is 16.8. The molecular weight excluding hydrogens is 326 g/mol. The molecule has 26 heavy (non-hydrogen) atoms. The molecule has 1 aliphatic carbocycles. The average molecular weight is 349 g/mol. The number of anilines is 1. The van der Waals surface area contributed by atoms with E-state index in [2.05, 4.69) is 15.3 Å². The van der Waals surface area contributed by atoms with Crippen LogP contribution in [0, 0.1) is 0 Å². The third-order valence-electron chi connectivity index (χ3n) is 5.12. The lowest BCUT2D eigenvalue weighted by atomic mass is 9.82. The fraction of sp³-hybridized carbons (Fsp3) is 0.333. The summed E-state index contributed by atoms with van der Waals surface area (Å²) in [6.07, 6.45) is 4.65. The Hall–Kier alpha value is -2.66. The van der Waals surface area contributed by atoms with Crippen LogP contribution in [0.2, 0.25) is 0 Å². The lowest BCUT2D eigenvalue weighted by Gasteiger charge is -2.31. The van der Waals surface area contributed by atoms with Crippen LogP contribution in [0.3, 0.4) is 0 Å². The van der Waals surface area contributed by atoms with Gasteiger partial charge in [0.15, 0.2) is 0 Å². The fourth-order valence-corrected chi connectivity index (χ4v) is 3.76. The third-order valence-corrected chi connectivity index (χ3v) is 5.12. The second kappa shape index (κ2) is 6.92. The highest BCUT2D eigenvalue weighted by Gasteiger charge is 2.31. The quantitative estimate of drug-likeness (QED) is 0.659. The number of aromatic nitrogens is 2. The lowest BCUT2D eigenvalue weighted by molar-refractivity contribution is -0.122. The number of para-hydroxylation sites is 3. The molecule has 2 aromatic carbocycles. The van der Waals surface area contributed by atoms with E-state index in [-0.39, 0.29) is 12.3 Å². The van der Waals surface area contributed by atoms with E-state index in [9.17, 15) is 9.90 Å². The van der Waals surface area contributed by atoms with Gasteiger partial charge in [-0.1, -0.05) is 43.5 Å². The minimum absolute atomic E-state index is 0.140. The molecule has 134 valence electrons. The molecule has 1 amide bonds. The summed E-state index contributed by atoms with van der Waals surface area (Å²) in [4.78, 5) is 20.5. The minimum atomic E-state index is -0.864. The van der Waals surface area contributed by atoms with Crippen LogP contribution in [0.1, 0.15) is 38.5 Å². The standard InChI is InChI=1S/C21H23N3O2/c25-19(14-21(26)12-6-1-7-13-21)22-16-9-3-2-8-15(16)20-23-17-10-4-5-11-18(17)24-20/h2-5,8-11,26H,1,6-7,12-14H2,(H,22,25)(H,23,24). The van der Waals surface area contributed by atoms with Gasteiger partial charge in [-0.3, -0.25) is 4.79 Å². The second-order valence-corrected chi connectivity index (χ2v) is 7.16. The van der Waals surface area contributed by atoms with Crippen molar-refractivity contribution in [3.8, 4) is 11.4 Å². The molecule has 1 aromatic heterocycles. The molecule has 0 saturated heterocycles. The van der Waals surface area contributed by atoms with Gasteiger partial charge in [-0.15, -0.1) is 0 Å². The van der Waals surface area contributed by atoms with Gasteiger partial charge in [-0.2, -0.15) is 0 Å². The molecule has 3 N–H and O–H groups in total. The molecule has 5 heteroatoms. The molecule has 1 fully saturated rings. The Morgan fingerprint density at radius 2 is 1.81 bits per heavy atom. The zero-order chi connectivity index (χ0) is 18.0. The first-order valence-electron chi connectivity index (χ1n) is 9.19. The summed E-state index contributed by atoms with van der Waals surface area (Å²) in [6, 6.07) is 15.5. The zero-order valence-electron chi connectivity index (χ0n) is 14.7. The maximum Gasteiger partial charge on any atom is 0.227 e. The van der Waals surface area contributed by atoms with Crippen molar-refractivity contribution < 1.29 is 9.90 Å². The monoisotopic (exact) mass is 349 g/mol. The molecule has 0 spiro atoms. The van der Waals surface area contributed by atoms with E-state index in [1.807, 2.05) is 48.5 Å². The molecule has 0 unspecified atom stereocenters. The van der Waals surface area contributed by atoms with Gasteiger partial charge in [-0.05, 0) is 37.1 Å². The molecule has 1 saturated carbocycles. The van der Waals surface area contributed by atoms with Gasteiger partial charge in [-0.25, -0.2) is 4.98 Å². The van der Waals surface area contributed by atoms with Gasteiger partial charge < -0.3 is 15.4 Å². The van der Waals surface area contributed by atoms with Crippen molar-refractivity contribution in [2.24, 2.45) is 0 Å². The summed E-state index contributed by atoms with van der Waals surface area (Å²) < 4.78 is 0. The van der Waals surface area contributed by atoms with Gasteiger partial charge in [0.05, 0.1) is 28.7 Å². The topological polar surface area (TPSA) is 78.0 Å². The Kier molecular flexibility index (Phi) is 4.47. The molecule has 3 aromatic rings. The zero-order valence-corrected chi connectivity index (χ0v) is 14.7. The van der Waals surface area contributed by atoms with Crippen molar-refractivity contribution in [1.29, 1.82) is 0 Å². The van der Waals surface area contributed by atoms with Crippen molar-refractivity contribution in [3.05, 3.63) is 48.5 Å². The van der Waals surface area contributed by atoms with Crippen molar-refractivity contribution in [1.82, 2.24) is 9.97 Å². The van der Waals surface area contributed by atoms with Crippen LogP contribution in [0.25, 0.3) is 22.4 Å². The van der Waals surface area contributed by atoms with Gasteiger partial charge in [0.2, 0.25) is 5.91 Å². The summed E-state index contributed by atoms with van der Waals surface area (Å²) >= 11 is 0. The number of nitrogens with zero attached hydrogens (tertiary/aromatic N) is 1. The Labute approximate surface area is 152 Å². The molecule has 4 rings (SSSR count). The molecule has 0 radical (unpaired) electrons. The van der Waals surface area contributed by atoms with E-state index in [1.54, 1.807) is 0 Å². The fourth-order valence-electron chi connectivity index (χ4n) is 3.76. The SMILES string of the molecule is O=C(CC1(O)CCCCC1)Nc1ccccc1-c1nc2ccccc2[nH]1. The number of aliphatic hydroxyl groups is 1. The number of fused-ring (bicyclic) bond motifs is 1. The first-order valence-corrected chi connectivity index (χ1v) is 9.19. The number of aromatic amines is 1. The maximum atomic E-state index is 12.5. The number of nitrogens with one attached hydrogen (secondary N) is 2. The smallest absolute Gasteiger partial charge is 0.227 e. The minimum Gasteiger partial charge on any atom is -0.389 e. The van der Waals surface area contributed by atoms with Gasteiger partial charge in [0.1, 0.15) is 5.82 Å². The molecule has 1 aliphatic rings. The number of hydrogen-bond donors (Lipinski definition) is 3. The highest BCUT2D eigenvalue weighted by atomic mass is 16.3. The van der Waals surface area contributed by atoms with Crippen LogP contribution < -0.4 is 5.32 Å². The Balaban J connectivity index is 1.56. The van der Waals surface area contributed by atoms with E-state index in [0.717, 1.165) is 41.7 Å². The number of amides is 1. The number of benzene rings is 2. The van der Waals surface area contributed by atoms with Crippen molar-refractivity contribution in [2.45, 2.75) is 44.1 Å². The predicted octanol–water partition coefficient (Wildman–Crippen LogP) is 4.25. The highest BCUT2D eigenvalue weighted by Crippen LogP contribution is 2.32.